The van der Waals surface area contributed by atoms with Gasteiger partial charge in [-0.3, -0.25) is 4.79 Å². The highest BCUT2D eigenvalue weighted by molar-refractivity contribution is 6.33. The fourth-order valence-electron chi connectivity index (χ4n) is 2.65. The van der Waals surface area contributed by atoms with Gasteiger partial charge < -0.3 is 10.2 Å². The smallest absolute Gasteiger partial charge is 0.253 e. The van der Waals surface area contributed by atoms with Crippen molar-refractivity contribution in [2.24, 2.45) is 0 Å². The van der Waals surface area contributed by atoms with Gasteiger partial charge in [-0.15, -0.1) is 0 Å². The second-order valence-corrected chi connectivity index (χ2v) is 6.53. The first-order chi connectivity index (χ1) is 9.41. The maximum Gasteiger partial charge on any atom is 0.253 e. The molecule has 1 heterocycles. The lowest BCUT2D eigenvalue weighted by molar-refractivity contribution is 0.0802. The number of rotatable bonds is 3. The number of benzene rings is 1. The summed E-state index contributed by atoms with van der Waals surface area (Å²) in [7, 11) is 0. The Morgan fingerprint density at radius 3 is 2.45 bits per heavy atom. The molecule has 1 aliphatic rings. The van der Waals surface area contributed by atoms with Crippen LogP contribution in [0.15, 0.2) is 24.3 Å². The molecule has 110 valence electrons. The van der Waals surface area contributed by atoms with Gasteiger partial charge in [-0.25, -0.2) is 0 Å². The number of nitrogens with one attached hydrogen (secondary N) is 1. The van der Waals surface area contributed by atoms with E-state index in [1.807, 2.05) is 12.1 Å². The molecule has 0 saturated carbocycles. The largest absolute Gasteiger partial charge is 0.347 e. The molecule has 3 nitrogen and oxygen atoms in total. The highest BCUT2D eigenvalue weighted by Gasteiger charge is 2.32. The number of likely N-dealkylation sites (tertiary alicyclic amines) is 1. The highest BCUT2D eigenvalue weighted by atomic mass is 35.5. The zero-order valence-corrected chi connectivity index (χ0v) is 13.2. The van der Waals surface area contributed by atoms with Crippen molar-refractivity contribution < 1.29 is 4.79 Å². The minimum atomic E-state index is -0.137. The lowest BCUT2D eigenvalue weighted by Crippen LogP contribution is -2.54. The molecule has 1 aliphatic heterocycles. The summed E-state index contributed by atoms with van der Waals surface area (Å²) in [6, 6.07) is 7.76. The molecule has 4 heteroatoms. The molecular formula is C16H23ClN2O. The minimum absolute atomic E-state index is 0.0731. The maximum absolute atomic E-state index is 12.3. The van der Waals surface area contributed by atoms with Crippen molar-refractivity contribution in [3.05, 3.63) is 34.9 Å². The van der Waals surface area contributed by atoms with Gasteiger partial charge >= 0.3 is 0 Å². The number of piperidine rings is 1. The van der Waals surface area contributed by atoms with Gasteiger partial charge in [0.15, 0.2) is 0 Å². The molecule has 0 aliphatic carbocycles. The Kier molecular flexibility index (Phi) is 4.71. The van der Waals surface area contributed by atoms with Crippen molar-refractivity contribution >= 4 is 17.5 Å². The van der Waals surface area contributed by atoms with Gasteiger partial charge in [0.1, 0.15) is 0 Å². The lowest BCUT2D eigenvalue weighted by Gasteiger charge is -2.41. The van der Waals surface area contributed by atoms with E-state index in [2.05, 4.69) is 31.0 Å². The second-order valence-electron chi connectivity index (χ2n) is 6.12. The summed E-state index contributed by atoms with van der Waals surface area (Å²) in [4.78, 5) is 14.8. The molecular weight excluding hydrogens is 272 g/mol. The SMILES string of the molecule is CC(C)N1CCC(C)(NC(=O)c2ccccc2Cl)CC1. The molecule has 1 amide bonds. The molecule has 0 aromatic heterocycles. The van der Waals surface area contributed by atoms with E-state index in [0.29, 0.717) is 16.6 Å². The Morgan fingerprint density at radius 2 is 1.90 bits per heavy atom. The van der Waals surface area contributed by atoms with Gasteiger partial charge in [0.2, 0.25) is 0 Å². The summed E-state index contributed by atoms with van der Waals surface area (Å²) in [5, 5.41) is 3.67. The Morgan fingerprint density at radius 1 is 1.30 bits per heavy atom. The normalized spacial score (nSPS) is 19.1. The molecule has 2 rings (SSSR count). The molecule has 0 atom stereocenters. The van der Waals surface area contributed by atoms with Crippen LogP contribution in [0.2, 0.25) is 5.02 Å². The monoisotopic (exact) mass is 294 g/mol. The van der Waals surface area contributed by atoms with Crippen LogP contribution in [0.5, 0.6) is 0 Å². The van der Waals surface area contributed by atoms with Crippen molar-refractivity contribution in [3.63, 3.8) is 0 Å². The molecule has 0 bridgehead atoms. The van der Waals surface area contributed by atoms with Crippen LogP contribution in [0, 0.1) is 0 Å². The summed E-state index contributed by atoms with van der Waals surface area (Å²) in [6.45, 7) is 8.60. The third-order valence-electron chi connectivity index (χ3n) is 4.17. The van der Waals surface area contributed by atoms with Crippen molar-refractivity contribution in [2.45, 2.75) is 45.2 Å². The topological polar surface area (TPSA) is 32.3 Å². The summed E-state index contributed by atoms with van der Waals surface area (Å²) in [6.07, 6.45) is 1.95. The third-order valence-corrected chi connectivity index (χ3v) is 4.50. The van der Waals surface area contributed by atoms with Crippen LogP contribution in [0.3, 0.4) is 0 Å². The van der Waals surface area contributed by atoms with Gasteiger partial charge in [0, 0.05) is 24.7 Å². The fourth-order valence-corrected chi connectivity index (χ4v) is 2.87. The molecule has 1 N–H and O–H groups in total. The zero-order chi connectivity index (χ0) is 14.8. The van der Waals surface area contributed by atoms with E-state index in [1.165, 1.54) is 0 Å². The van der Waals surface area contributed by atoms with Crippen LogP contribution >= 0.6 is 11.6 Å². The number of carbonyl (C=O) groups excluding carboxylic acids is 1. The van der Waals surface area contributed by atoms with Gasteiger partial charge in [0.25, 0.3) is 5.91 Å². The maximum atomic E-state index is 12.3. The first-order valence-electron chi connectivity index (χ1n) is 7.22. The van der Waals surface area contributed by atoms with E-state index in [-0.39, 0.29) is 11.4 Å². The first kappa shape index (κ1) is 15.3. The van der Waals surface area contributed by atoms with Crippen molar-refractivity contribution in [1.82, 2.24) is 10.2 Å². The number of amides is 1. The molecule has 0 unspecified atom stereocenters. The van der Waals surface area contributed by atoms with Gasteiger partial charge in [0.05, 0.1) is 10.6 Å². The van der Waals surface area contributed by atoms with Crippen LogP contribution in [-0.2, 0) is 0 Å². The summed E-state index contributed by atoms with van der Waals surface area (Å²) >= 11 is 6.08. The number of halogens is 1. The highest BCUT2D eigenvalue weighted by Crippen LogP contribution is 2.24. The molecule has 0 radical (unpaired) electrons. The Labute approximate surface area is 126 Å². The van der Waals surface area contributed by atoms with Crippen LogP contribution in [0.25, 0.3) is 0 Å². The molecule has 1 fully saturated rings. The second kappa shape index (κ2) is 6.15. The Balaban J connectivity index is 2.00. The quantitative estimate of drug-likeness (QED) is 0.927. The lowest BCUT2D eigenvalue weighted by atomic mass is 9.88. The molecule has 1 aromatic carbocycles. The number of hydrogen-bond donors (Lipinski definition) is 1. The predicted molar refractivity (Wildman–Crippen MR) is 83.3 cm³/mol. The first-order valence-corrected chi connectivity index (χ1v) is 7.60. The van der Waals surface area contributed by atoms with Gasteiger partial charge in [-0.2, -0.15) is 0 Å². The van der Waals surface area contributed by atoms with Crippen molar-refractivity contribution in [2.75, 3.05) is 13.1 Å². The molecule has 20 heavy (non-hydrogen) atoms. The van der Waals surface area contributed by atoms with E-state index in [4.69, 9.17) is 11.6 Å². The summed E-state index contributed by atoms with van der Waals surface area (Å²) in [5.41, 5.74) is 0.420. The summed E-state index contributed by atoms with van der Waals surface area (Å²) in [5.74, 6) is -0.0731. The van der Waals surface area contributed by atoms with Crippen LogP contribution in [0.1, 0.15) is 44.0 Å². The zero-order valence-electron chi connectivity index (χ0n) is 12.4. The molecule has 0 spiro atoms. The number of hydrogen-bond acceptors (Lipinski definition) is 2. The van der Waals surface area contributed by atoms with E-state index >= 15 is 0 Å². The molecule has 1 aromatic rings. The van der Waals surface area contributed by atoms with Gasteiger partial charge in [-0.1, -0.05) is 23.7 Å². The third kappa shape index (κ3) is 3.53. The van der Waals surface area contributed by atoms with E-state index in [1.54, 1.807) is 12.1 Å². The van der Waals surface area contributed by atoms with E-state index in [9.17, 15) is 4.79 Å². The fraction of sp³-hybridized carbons (Fsp3) is 0.562. The van der Waals surface area contributed by atoms with Crippen molar-refractivity contribution in [1.29, 1.82) is 0 Å². The Bertz CT molecular complexity index is 479. The van der Waals surface area contributed by atoms with Crippen LogP contribution in [0.4, 0.5) is 0 Å². The van der Waals surface area contributed by atoms with Crippen molar-refractivity contribution in [3.8, 4) is 0 Å². The number of nitrogens with zero attached hydrogens (tertiary/aromatic N) is 1. The molecule has 1 saturated heterocycles. The average Bonchev–Trinajstić information content (AvgIpc) is 2.39. The Hall–Kier alpha value is -1.06. The minimum Gasteiger partial charge on any atom is -0.347 e. The predicted octanol–water partition coefficient (Wildman–Crippen LogP) is 3.33. The van der Waals surface area contributed by atoms with E-state index in [0.717, 1.165) is 25.9 Å². The van der Waals surface area contributed by atoms with Crippen LogP contribution < -0.4 is 5.32 Å². The van der Waals surface area contributed by atoms with Crippen LogP contribution in [-0.4, -0.2) is 35.5 Å². The van der Waals surface area contributed by atoms with Gasteiger partial charge in [-0.05, 0) is 45.7 Å². The summed E-state index contributed by atoms with van der Waals surface area (Å²) < 4.78 is 0. The standard InChI is InChI=1S/C16H23ClN2O/c1-12(2)19-10-8-16(3,9-11-19)18-15(20)13-6-4-5-7-14(13)17/h4-7,12H,8-11H2,1-3H3,(H,18,20). The number of carbonyl (C=O) groups is 1. The van der Waals surface area contributed by atoms with E-state index < -0.39 is 0 Å². The average molecular weight is 295 g/mol.